The molecule has 0 fully saturated rings. The van der Waals surface area contributed by atoms with Crippen molar-refractivity contribution < 1.29 is 18.4 Å². The second-order valence-electron chi connectivity index (χ2n) is 11.2. The summed E-state index contributed by atoms with van der Waals surface area (Å²) in [7, 11) is 4.67. The van der Waals surface area contributed by atoms with E-state index < -0.39 is 12.1 Å². The van der Waals surface area contributed by atoms with Crippen molar-refractivity contribution in [3.63, 3.8) is 0 Å². The molecule has 0 aliphatic rings. The largest absolute Gasteiger partial charge is 0.460 e. The van der Waals surface area contributed by atoms with E-state index in [0.717, 1.165) is 75.1 Å². The molecule has 1 atom stereocenters. The SMILES string of the molecule is CCCCCCCCC[N+](C)(C)CCCCCCC(F)C(=O)OC(CCCCC)CCCCC. The van der Waals surface area contributed by atoms with Gasteiger partial charge in [0, 0.05) is 0 Å². The maximum atomic E-state index is 14.4. The van der Waals surface area contributed by atoms with E-state index in [2.05, 4.69) is 34.9 Å². The summed E-state index contributed by atoms with van der Waals surface area (Å²) in [5.41, 5.74) is 0. The first-order valence-corrected chi connectivity index (χ1v) is 15.0. The highest BCUT2D eigenvalue weighted by molar-refractivity contribution is 5.74. The molecule has 4 heteroatoms. The predicted octanol–water partition coefficient (Wildman–Crippen LogP) is 9.17. The first kappa shape index (κ1) is 33.4. The third-order valence-corrected chi connectivity index (χ3v) is 7.14. The Bertz CT molecular complexity index is 445. The minimum Gasteiger partial charge on any atom is -0.460 e. The number of halogens is 1. The molecule has 204 valence electrons. The quantitative estimate of drug-likeness (QED) is 0.0730. The highest BCUT2D eigenvalue weighted by Gasteiger charge is 2.22. The lowest BCUT2D eigenvalue weighted by Gasteiger charge is -2.30. The number of carbonyl (C=O) groups excluding carboxylic acids is 1. The number of ether oxygens (including phenoxy) is 1. The first-order chi connectivity index (χ1) is 16.4. The molecule has 0 radical (unpaired) electrons. The molecule has 34 heavy (non-hydrogen) atoms. The summed E-state index contributed by atoms with van der Waals surface area (Å²) < 4.78 is 21.1. The molecule has 0 aliphatic heterocycles. The molecule has 0 heterocycles. The lowest BCUT2D eigenvalue weighted by atomic mass is 10.0. The molecular formula is C30H61FNO2+. The third kappa shape index (κ3) is 20.7. The normalized spacial score (nSPS) is 12.9. The van der Waals surface area contributed by atoms with E-state index in [0.29, 0.717) is 6.42 Å². The second kappa shape index (κ2) is 22.8. The molecule has 0 bridgehead atoms. The molecule has 0 aliphatic carbocycles. The van der Waals surface area contributed by atoms with Crippen LogP contribution in [0.4, 0.5) is 4.39 Å². The summed E-state index contributed by atoms with van der Waals surface area (Å²) in [4.78, 5) is 12.3. The van der Waals surface area contributed by atoms with Gasteiger partial charge in [-0.3, -0.25) is 0 Å². The molecule has 3 nitrogen and oxygen atoms in total. The summed E-state index contributed by atoms with van der Waals surface area (Å²) >= 11 is 0. The van der Waals surface area contributed by atoms with Crippen molar-refractivity contribution in [1.82, 2.24) is 0 Å². The van der Waals surface area contributed by atoms with Gasteiger partial charge in [0.15, 0.2) is 6.17 Å². The fourth-order valence-electron chi connectivity index (χ4n) is 4.69. The van der Waals surface area contributed by atoms with Crippen molar-refractivity contribution >= 4 is 5.97 Å². The van der Waals surface area contributed by atoms with Crippen LogP contribution in [0.25, 0.3) is 0 Å². The average molecular weight is 487 g/mol. The zero-order chi connectivity index (χ0) is 25.5. The Morgan fingerprint density at radius 2 is 1.00 bits per heavy atom. The van der Waals surface area contributed by atoms with Crippen LogP contribution >= 0.6 is 0 Å². The fourth-order valence-corrected chi connectivity index (χ4v) is 4.69. The van der Waals surface area contributed by atoms with Gasteiger partial charge in [0.25, 0.3) is 0 Å². The number of unbranched alkanes of at least 4 members (excludes halogenated alkanes) is 13. The van der Waals surface area contributed by atoms with E-state index in [9.17, 15) is 9.18 Å². The summed E-state index contributed by atoms with van der Waals surface area (Å²) in [6.45, 7) is 9.06. The fraction of sp³-hybridized carbons (Fsp3) is 0.967. The van der Waals surface area contributed by atoms with Crippen LogP contribution in [-0.2, 0) is 9.53 Å². The van der Waals surface area contributed by atoms with Crippen LogP contribution in [0.3, 0.4) is 0 Å². The number of quaternary nitrogens is 1. The van der Waals surface area contributed by atoms with E-state index in [1.54, 1.807) is 0 Å². The Balaban J connectivity index is 3.94. The van der Waals surface area contributed by atoms with Crippen LogP contribution < -0.4 is 0 Å². The van der Waals surface area contributed by atoms with Gasteiger partial charge in [-0.15, -0.1) is 0 Å². The van der Waals surface area contributed by atoms with Gasteiger partial charge in [0.05, 0.1) is 27.2 Å². The lowest BCUT2D eigenvalue weighted by Crippen LogP contribution is -2.41. The van der Waals surface area contributed by atoms with Gasteiger partial charge in [0.2, 0.25) is 0 Å². The topological polar surface area (TPSA) is 26.3 Å². The lowest BCUT2D eigenvalue weighted by molar-refractivity contribution is -0.890. The van der Waals surface area contributed by atoms with E-state index in [1.165, 1.54) is 64.5 Å². The summed E-state index contributed by atoms with van der Waals surface area (Å²) in [6.07, 6.45) is 20.9. The molecule has 0 N–H and O–H groups in total. The highest BCUT2D eigenvalue weighted by atomic mass is 19.1. The number of hydrogen-bond donors (Lipinski definition) is 0. The van der Waals surface area contributed by atoms with Gasteiger partial charge >= 0.3 is 5.97 Å². The zero-order valence-corrected chi connectivity index (χ0v) is 23.9. The Kier molecular flexibility index (Phi) is 22.4. The molecule has 0 saturated heterocycles. The standard InChI is InChI=1S/C30H61FNO2/c1-6-9-12-13-14-16-21-26-32(4,5)27-22-17-15-20-25-29(31)30(33)34-28(23-18-10-7-2)24-19-11-8-3/h28-29H,6-27H2,1-5H3/q+1. The average Bonchev–Trinajstić information content (AvgIpc) is 2.80. The van der Waals surface area contributed by atoms with Gasteiger partial charge in [0.1, 0.15) is 6.10 Å². The van der Waals surface area contributed by atoms with Crippen molar-refractivity contribution in [3.05, 3.63) is 0 Å². The minimum absolute atomic E-state index is 0.0970. The van der Waals surface area contributed by atoms with E-state index in [4.69, 9.17) is 4.74 Å². The molecule has 0 spiro atoms. The number of alkyl halides is 1. The van der Waals surface area contributed by atoms with Crippen LogP contribution in [0.15, 0.2) is 0 Å². The van der Waals surface area contributed by atoms with Crippen molar-refractivity contribution in [2.24, 2.45) is 0 Å². The van der Waals surface area contributed by atoms with Crippen LogP contribution in [0.1, 0.15) is 149 Å². The molecule has 0 rings (SSSR count). The van der Waals surface area contributed by atoms with Crippen molar-refractivity contribution in [2.75, 3.05) is 27.2 Å². The molecule has 0 aromatic heterocycles. The van der Waals surface area contributed by atoms with Crippen molar-refractivity contribution in [3.8, 4) is 0 Å². The van der Waals surface area contributed by atoms with E-state index in [-0.39, 0.29) is 6.10 Å². The highest BCUT2D eigenvalue weighted by Crippen LogP contribution is 2.18. The van der Waals surface area contributed by atoms with Gasteiger partial charge in [-0.1, -0.05) is 85.0 Å². The monoisotopic (exact) mass is 486 g/mol. The minimum atomic E-state index is -1.45. The smallest absolute Gasteiger partial charge is 0.340 e. The zero-order valence-electron chi connectivity index (χ0n) is 23.9. The Labute approximate surface area is 213 Å². The number of rotatable bonds is 25. The van der Waals surface area contributed by atoms with E-state index in [1.807, 2.05) is 0 Å². The number of carbonyl (C=O) groups is 1. The van der Waals surface area contributed by atoms with Gasteiger partial charge in [-0.25, -0.2) is 9.18 Å². The second-order valence-corrected chi connectivity index (χ2v) is 11.2. The summed E-state index contributed by atoms with van der Waals surface area (Å²) in [5.74, 6) is -0.620. The van der Waals surface area contributed by atoms with Crippen LogP contribution in [-0.4, -0.2) is 49.9 Å². The van der Waals surface area contributed by atoms with Gasteiger partial charge in [-0.2, -0.15) is 0 Å². The maximum absolute atomic E-state index is 14.4. The Hall–Kier alpha value is -0.640. The van der Waals surface area contributed by atoms with Crippen LogP contribution in [0.2, 0.25) is 0 Å². The third-order valence-electron chi connectivity index (χ3n) is 7.14. The molecule has 0 aromatic rings. The number of esters is 1. The Morgan fingerprint density at radius 3 is 1.50 bits per heavy atom. The molecule has 0 amide bonds. The number of nitrogens with zero attached hydrogens (tertiary/aromatic N) is 1. The molecule has 0 aromatic carbocycles. The van der Waals surface area contributed by atoms with Crippen molar-refractivity contribution in [2.45, 2.75) is 161 Å². The molecule has 1 unspecified atom stereocenters. The summed E-state index contributed by atoms with van der Waals surface area (Å²) in [6, 6.07) is 0. The maximum Gasteiger partial charge on any atom is 0.340 e. The number of hydrogen-bond acceptors (Lipinski definition) is 2. The van der Waals surface area contributed by atoms with Gasteiger partial charge < -0.3 is 9.22 Å². The Morgan fingerprint density at radius 1 is 0.618 bits per heavy atom. The predicted molar refractivity (Wildman–Crippen MR) is 146 cm³/mol. The van der Waals surface area contributed by atoms with Crippen LogP contribution in [0.5, 0.6) is 0 Å². The molecular weight excluding hydrogens is 425 g/mol. The summed E-state index contributed by atoms with van der Waals surface area (Å²) in [5, 5.41) is 0. The molecule has 0 saturated carbocycles. The van der Waals surface area contributed by atoms with E-state index >= 15 is 0 Å². The first-order valence-electron chi connectivity index (χ1n) is 15.0. The van der Waals surface area contributed by atoms with Crippen molar-refractivity contribution in [1.29, 1.82) is 0 Å². The van der Waals surface area contributed by atoms with Crippen LogP contribution in [0, 0.1) is 0 Å². The van der Waals surface area contributed by atoms with Gasteiger partial charge in [-0.05, 0) is 64.2 Å².